The first kappa shape index (κ1) is 11.0. The number of hydrogen-bond acceptors (Lipinski definition) is 2. The van der Waals surface area contributed by atoms with Crippen molar-refractivity contribution >= 4 is 0 Å². The summed E-state index contributed by atoms with van der Waals surface area (Å²) >= 11 is 0. The van der Waals surface area contributed by atoms with E-state index in [1.807, 2.05) is 0 Å². The van der Waals surface area contributed by atoms with Crippen LogP contribution in [0, 0.1) is 5.92 Å². The fraction of sp³-hybridized carbons (Fsp3) is 1.00. The highest BCUT2D eigenvalue weighted by molar-refractivity contribution is 4.81. The Bertz CT molecular complexity index is 154. The van der Waals surface area contributed by atoms with Gasteiger partial charge in [0, 0.05) is 18.6 Å². The fourth-order valence-corrected chi connectivity index (χ4v) is 2.24. The fourth-order valence-electron chi connectivity index (χ4n) is 2.24. The molecule has 1 atom stereocenters. The predicted molar refractivity (Wildman–Crippen MR) is 57.7 cm³/mol. The smallest absolute Gasteiger partial charge is 0.0508 e. The van der Waals surface area contributed by atoms with Gasteiger partial charge in [-0.25, -0.2) is 0 Å². The number of nitrogens with zero attached hydrogens (tertiary/aromatic N) is 2. The van der Waals surface area contributed by atoms with E-state index in [9.17, 15) is 0 Å². The second-order valence-electron chi connectivity index (χ2n) is 4.93. The van der Waals surface area contributed by atoms with E-state index >= 15 is 0 Å². The lowest BCUT2D eigenvalue weighted by atomic mass is 9.96. The molecule has 1 heterocycles. The van der Waals surface area contributed by atoms with Crippen molar-refractivity contribution in [2.75, 3.05) is 20.3 Å². The molecule has 0 aromatic rings. The summed E-state index contributed by atoms with van der Waals surface area (Å²) in [5, 5.41) is 0. The topological polar surface area (TPSA) is 6.48 Å². The molecule has 1 aliphatic heterocycles. The summed E-state index contributed by atoms with van der Waals surface area (Å²) in [6.45, 7) is 11.7. The van der Waals surface area contributed by atoms with E-state index in [4.69, 9.17) is 0 Å². The van der Waals surface area contributed by atoms with E-state index in [2.05, 4.69) is 44.5 Å². The summed E-state index contributed by atoms with van der Waals surface area (Å²) in [5.74, 6) is 0.788. The lowest BCUT2D eigenvalue weighted by Gasteiger charge is -2.44. The Labute approximate surface area is 82.9 Å². The summed E-state index contributed by atoms with van der Waals surface area (Å²) in [6, 6.07) is 1.46. The van der Waals surface area contributed by atoms with Crippen LogP contribution in [0.4, 0.5) is 0 Å². The normalized spacial score (nSPS) is 27.5. The van der Waals surface area contributed by atoms with E-state index in [1.54, 1.807) is 0 Å². The van der Waals surface area contributed by atoms with E-state index in [0.717, 1.165) is 18.6 Å². The quantitative estimate of drug-likeness (QED) is 0.648. The highest BCUT2D eigenvalue weighted by Gasteiger charge is 2.28. The molecule has 1 rings (SSSR count). The molecule has 0 N–H and O–H groups in total. The number of rotatable bonds is 2. The van der Waals surface area contributed by atoms with Crippen LogP contribution in [-0.4, -0.2) is 42.1 Å². The van der Waals surface area contributed by atoms with Crippen LogP contribution < -0.4 is 0 Å². The van der Waals surface area contributed by atoms with E-state index in [0.29, 0.717) is 6.04 Å². The molecule has 2 nitrogen and oxygen atoms in total. The standard InChI is InChI=1S/C11H24N2/c1-9(2)11-6-7-12(5)8-13(11)10(3)4/h9-11H,6-8H2,1-5H3. The minimum absolute atomic E-state index is 0.676. The molecule has 1 saturated heterocycles. The van der Waals surface area contributed by atoms with Gasteiger partial charge in [0.05, 0.1) is 6.67 Å². The Morgan fingerprint density at radius 1 is 1.15 bits per heavy atom. The molecular formula is C11H24N2. The Balaban J connectivity index is 2.60. The Morgan fingerprint density at radius 3 is 2.23 bits per heavy atom. The molecule has 1 fully saturated rings. The zero-order valence-electron chi connectivity index (χ0n) is 9.75. The third kappa shape index (κ3) is 2.68. The molecule has 0 radical (unpaired) electrons. The van der Waals surface area contributed by atoms with Crippen molar-refractivity contribution in [1.29, 1.82) is 0 Å². The SMILES string of the molecule is CC(C)C1CCN(C)CN1C(C)C. The third-order valence-corrected chi connectivity index (χ3v) is 3.07. The molecule has 0 bridgehead atoms. The maximum absolute atomic E-state index is 2.62. The molecular weight excluding hydrogens is 160 g/mol. The van der Waals surface area contributed by atoms with Gasteiger partial charge in [0.25, 0.3) is 0 Å². The first-order valence-electron chi connectivity index (χ1n) is 5.46. The Morgan fingerprint density at radius 2 is 1.77 bits per heavy atom. The minimum Gasteiger partial charge on any atom is -0.293 e. The second-order valence-corrected chi connectivity index (χ2v) is 4.93. The molecule has 0 spiro atoms. The van der Waals surface area contributed by atoms with Crippen LogP contribution in [0.5, 0.6) is 0 Å². The zero-order valence-corrected chi connectivity index (χ0v) is 9.75. The van der Waals surface area contributed by atoms with Gasteiger partial charge in [-0.3, -0.25) is 9.80 Å². The minimum atomic E-state index is 0.676. The molecule has 2 heteroatoms. The van der Waals surface area contributed by atoms with Gasteiger partial charge in [-0.1, -0.05) is 13.8 Å². The molecule has 0 amide bonds. The van der Waals surface area contributed by atoms with Crippen molar-refractivity contribution < 1.29 is 0 Å². The number of hydrogen-bond donors (Lipinski definition) is 0. The van der Waals surface area contributed by atoms with E-state index in [1.165, 1.54) is 13.0 Å². The van der Waals surface area contributed by atoms with Crippen molar-refractivity contribution in [3.05, 3.63) is 0 Å². The average molecular weight is 184 g/mol. The highest BCUT2D eigenvalue weighted by atomic mass is 15.3. The van der Waals surface area contributed by atoms with E-state index in [-0.39, 0.29) is 0 Å². The van der Waals surface area contributed by atoms with Gasteiger partial charge in [0.15, 0.2) is 0 Å². The van der Waals surface area contributed by atoms with Gasteiger partial charge < -0.3 is 0 Å². The molecule has 0 aromatic heterocycles. The average Bonchev–Trinajstić information content (AvgIpc) is 2.03. The van der Waals surface area contributed by atoms with Crippen molar-refractivity contribution in [3.63, 3.8) is 0 Å². The Kier molecular flexibility index (Phi) is 3.74. The maximum Gasteiger partial charge on any atom is 0.0508 e. The van der Waals surface area contributed by atoms with Gasteiger partial charge in [0.1, 0.15) is 0 Å². The molecule has 78 valence electrons. The summed E-state index contributed by atoms with van der Waals surface area (Å²) in [7, 11) is 2.21. The van der Waals surface area contributed by atoms with Crippen LogP contribution in [-0.2, 0) is 0 Å². The van der Waals surface area contributed by atoms with Crippen LogP contribution in [0.1, 0.15) is 34.1 Å². The van der Waals surface area contributed by atoms with E-state index < -0.39 is 0 Å². The molecule has 0 aliphatic carbocycles. The predicted octanol–water partition coefficient (Wildman–Crippen LogP) is 2.01. The monoisotopic (exact) mass is 184 g/mol. The van der Waals surface area contributed by atoms with Gasteiger partial charge in [0.2, 0.25) is 0 Å². The lowest BCUT2D eigenvalue weighted by molar-refractivity contribution is 0.00981. The largest absolute Gasteiger partial charge is 0.293 e. The molecule has 1 unspecified atom stereocenters. The lowest BCUT2D eigenvalue weighted by Crippen LogP contribution is -2.53. The summed E-state index contributed by atoms with van der Waals surface area (Å²) in [5.41, 5.74) is 0. The van der Waals surface area contributed by atoms with Crippen molar-refractivity contribution in [2.45, 2.75) is 46.2 Å². The van der Waals surface area contributed by atoms with Gasteiger partial charge in [-0.15, -0.1) is 0 Å². The summed E-state index contributed by atoms with van der Waals surface area (Å²) in [6.07, 6.45) is 1.33. The highest BCUT2D eigenvalue weighted by Crippen LogP contribution is 2.21. The van der Waals surface area contributed by atoms with Crippen molar-refractivity contribution in [1.82, 2.24) is 9.80 Å². The van der Waals surface area contributed by atoms with Crippen molar-refractivity contribution in [3.8, 4) is 0 Å². The summed E-state index contributed by atoms with van der Waals surface area (Å²) < 4.78 is 0. The first-order valence-corrected chi connectivity index (χ1v) is 5.46. The van der Waals surface area contributed by atoms with Gasteiger partial charge >= 0.3 is 0 Å². The second kappa shape index (κ2) is 4.43. The molecule has 0 aromatic carbocycles. The Hall–Kier alpha value is -0.0800. The maximum atomic E-state index is 2.62. The molecule has 1 aliphatic rings. The first-order chi connectivity index (χ1) is 6.02. The van der Waals surface area contributed by atoms with Gasteiger partial charge in [-0.2, -0.15) is 0 Å². The third-order valence-electron chi connectivity index (χ3n) is 3.07. The van der Waals surface area contributed by atoms with Crippen LogP contribution in [0.3, 0.4) is 0 Å². The van der Waals surface area contributed by atoms with Crippen LogP contribution in [0.15, 0.2) is 0 Å². The van der Waals surface area contributed by atoms with Crippen LogP contribution in [0.25, 0.3) is 0 Å². The van der Waals surface area contributed by atoms with Crippen LogP contribution in [0.2, 0.25) is 0 Å². The summed E-state index contributed by atoms with van der Waals surface area (Å²) in [4.78, 5) is 5.03. The molecule has 0 saturated carbocycles. The van der Waals surface area contributed by atoms with Crippen molar-refractivity contribution in [2.24, 2.45) is 5.92 Å². The molecule has 13 heavy (non-hydrogen) atoms. The zero-order chi connectivity index (χ0) is 10.0. The van der Waals surface area contributed by atoms with Gasteiger partial charge in [-0.05, 0) is 33.2 Å². The van der Waals surface area contributed by atoms with Crippen LogP contribution >= 0.6 is 0 Å².